The molecule has 2 fully saturated rings. The first-order chi connectivity index (χ1) is 7.82. The van der Waals surface area contributed by atoms with Crippen LogP contribution in [-0.4, -0.2) is 49.1 Å². The molecule has 0 aromatic rings. The number of sulfone groups is 1. The number of hydroxylamine groups is 2. The highest BCUT2D eigenvalue weighted by atomic mass is 32.2. The summed E-state index contributed by atoms with van der Waals surface area (Å²) in [5, 5.41) is 1.29. The minimum absolute atomic E-state index is 0.0957. The van der Waals surface area contributed by atoms with Gasteiger partial charge in [0.2, 0.25) is 5.91 Å². The lowest BCUT2D eigenvalue weighted by Gasteiger charge is -2.31. The molecule has 2 heterocycles. The largest absolute Gasteiger partial charge is 0.326 e. The van der Waals surface area contributed by atoms with Crippen molar-refractivity contribution in [3.63, 3.8) is 0 Å². The van der Waals surface area contributed by atoms with Crippen molar-refractivity contribution in [2.45, 2.75) is 37.8 Å². The Labute approximate surface area is 101 Å². The summed E-state index contributed by atoms with van der Waals surface area (Å²) in [6.07, 6.45) is 1.07. The van der Waals surface area contributed by atoms with Gasteiger partial charge in [-0.1, -0.05) is 0 Å². The van der Waals surface area contributed by atoms with E-state index in [1.54, 1.807) is 6.92 Å². The molecule has 0 radical (unpaired) electrons. The molecule has 2 aliphatic rings. The summed E-state index contributed by atoms with van der Waals surface area (Å²) in [5.74, 6) is 0.111. The zero-order valence-corrected chi connectivity index (χ0v) is 10.7. The van der Waals surface area contributed by atoms with Crippen LogP contribution < -0.4 is 5.73 Å². The van der Waals surface area contributed by atoms with E-state index < -0.39 is 15.4 Å². The predicted octanol–water partition coefficient (Wildman–Crippen LogP) is -0.555. The van der Waals surface area contributed by atoms with Crippen LogP contribution in [-0.2, 0) is 19.5 Å². The summed E-state index contributed by atoms with van der Waals surface area (Å²) in [6, 6.07) is -0.151. The number of carbonyl (C=O) groups is 1. The summed E-state index contributed by atoms with van der Waals surface area (Å²) in [4.78, 5) is 17.4. The predicted molar refractivity (Wildman–Crippen MR) is 61.7 cm³/mol. The Kier molecular flexibility index (Phi) is 3.17. The van der Waals surface area contributed by atoms with Crippen LogP contribution >= 0.6 is 0 Å². The van der Waals surface area contributed by atoms with E-state index in [-0.39, 0.29) is 29.9 Å². The molecule has 0 aromatic heterocycles. The highest BCUT2D eigenvalue weighted by Gasteiger charge is 2.48. The first-order valence-electron chi connectivity index (χ1n) is 5.77. The molecule has 1 unspecified atom stereocenters. The number of rotatable bonds is 2. The summed E-state index contributed by atoms with van der Waals surface area (Å²) in [5.41, 5.74) is 5.03. The standard InChI is InChI=1S/C10H18N2O4S/c1-8(11)7-12-9(13)6-10(16-12)2-4-17(14,15)5-3-10/h8H,2-7,11H2,1H3. The molecule has 6 nitrogen and oxygen atoms in total. The van der Waals surface area contributed by atoms with Crippen molar-refractivity contribution >= 4 is 15.7 Å². The van der Waals surface area contributed by atoms with Crippen LogP contribution in [0.5, 0.6) is 0 Å². The van der Waals surface area contributed by atoms with Crippen molar-refractivity contribution in [3.8, 4) is 0 Å². The summed E-state index contributed by atoms with van der Waals surface area (Å²) in [6.45, 7) is 2.15. The van der Waals surface area contributed by atoms with Gasteiger partial charge in [0.25, 0.3) is 0 Å². The Morgan fingerprint density at radius 1 is 1.47 bits per heavy atom. The minimum Gasteiger partial charge on any atom is -0.326 e. The summed E-state index contributed by atoms with van der Waals surface area (Å²) >= 11 is 0. The quantitative estimate of drug-likeness (QED) is 0.721. The second-order valence-electron chi connectivity index (χ2n) is 5.03. The number of nitrogens with two attached hydrogens (primary N) is 1. The van der Waals surface area contributed by atoms with E-state index >= 15 is 0 Å². The smallest absolute Gasteiger partial charge is 0.249 e. The van der Waals surface area contributed by atoms with Gasteiger partial charge in [-0.3, -0.25) is 9.63 Å². The lowest BCUT2D eigenvalue weighted by atomic mass is 9.93. The average molecular weight is 262 g/mol. The topological polar surface area (TPSA) is 89.7 Å². The van der Waals surface area contributed by atoms with Gasteiger partial charge in [-0.15, -0.1) is 0 Å². The van der Waals surface area contributed by atoms with E-state index in [4.69, 9.17) is 10.6 Å². The summed E-state index contributed by atoms with van der Waals surface area (Å²) in [7, 11) is -2.94. The molecule has 0 aliphatic carbocycles. The molecule has 2 saturated heterocycles. The van der Waals surface area contributed by atoms with Crippen molar-refractivity contribution in [2.24, 2.45) is 5.73 Å². The SMILES string of the molecule is CC(N)CN1OC2(CCS(=O)(=O)CC2)CC1=O. The van der Waals surface area contributed by atoms with E-state index in [1.807, 2.05) is 0 Å². The number of nitrogens with zero attached hydrogens (tertiary/aromatic N) is 1. The second-order valence-corrected chi connectivity index (χ2v) is 7.34. The zero-order chi connectivity index (χ0) is 12.7. The van der Waals surface area contributed by atoms with Gasteiger partial charge < -0.3 is 5.73 Å². The molecule has 1 atom stereocenters. The van der Waals surface area contributed by atoms with Crippen LogP contribution in [0.1, 0.15) is 26.2 Å². The fraction of sp³-hybridized carbons (Fsp3) is 0.900. The van der Waals surface area contributed by atoms with E-state index in [0.717, 1.165) is 0 Å². The molecule has 2 aliphatic heterocycles. The molecule has 2 rings (SSSR count). The van der Waals surface area contributed by atoms with Crippen LogP contribution in [0.2, 0.25) is 0 Å². The molecule has 0 bridgehead atoms. The molecule has 1 amide bonds. The van der Waals surface area contributed by atoms with Gasteiger partial charge >= 0.3 is 0 Å². The molecular formula is C10H18N2O4S. The Bertz CT molecular complexity index is 404. The van der Waals surface area contributed by atoms with Crippen molar-refractivity contribution in [1.82, 2.24) is 5.06 Å². The normalized spacial score (nSPS) is 28.6. The lowest BCUT2D eigenvalue weighted by molar-refractivity contribution is -0.202. The molecule has 2 N–H and O–H groups in total. The maximum absolute atomic E-state index is 11.7. The minimum atomic E-state index is -2.94. The molecule has 17 heavy (non-hydrogen) atoms. The molecular weight excluding hydrogens is 244 g/mol. The molecule has 0 aromatic carbocycles. The van der Waals surface area contributed by atoms with Gasteiger partial charge in [0.15, 0.2) is 9.84 Å². The molecule has 7 heteroatoms. The van der Waals surface area contributed by atoms with Crippen molar-refractivity contribution in [3.05, 3.63) is 0 Å². The fourth-order valence-corrected chi connectivity index (χ4v) is 3.83. The molecule has 0 saturated carbocycles. The maximum atomic E-state index is 11.7. The molecule has 1 spiro atoms. The van der Waals surface area contributed by atoms with Crippen LogP contribution in [0, 0.1) is 0 Å². The number of amides is 1. The number of hydrogen-bond donors (Lipinski definition) is 1. The second kappa shape index (κ2) is 4.22. The Morgan fingerprint density at radius 2 is 2.06 bits per heavy atom. The highest BCUT2D eigenvalue weighted by Crippen LogP contribution is 2.37. The van der Waals surface area contributed by atoms with Crippen LogP contribution in [0.15, 0.2) is 0 Å². The number of carbonyl (C=O) groups excluding carboxylic acids is 1. The van der Waals surface area contributed by atoms with E-state index in [0.29, 0.717) is 19.4 Å². The third-order valence-electron chi connectivity index (χ3n) is 3.25. The third kappa shape index (κ3) is 2.78. The van der Waals surface area contributed by atoms with E-state index in [2.05, 4.69) is 0 Å². The van der Waals surface area contributed by atoms with Gasteiger partial charge in [0, 0.05) is 6.04 Å². The highest BCUT2D eigenvalue weighted by molar-refractivity contribution is 7.91. The zero-order valence-electron chi connectivity index (χ0n) is 9.89. The Balaban J connectivity index is 2.03. The van der Waals surface area contributed by atoms with Gasteiger partial charge in [0.1, 0.15) is 5.60 Å². The monoisotopic (exact) mass is 262 g/mol. The van der Waals surface area contributed by atoms with Gasteiger partial charge in [-0.25, -0.2) is 13.5 Å². The average Bonchev–Trinajstić information content (AvgIpc) is 2.49. The van der Waals surface area contributed by atoms with Gasteiger partial charge in [-0.05, 0) is 19.8 Å². The van der Waals surface area contributed by atoms with Crippen molar-refractivity contribution < 1.29 is 18.0 Å². The van der Waals surface area contributed by atoms with Gasteiger partial charge in [0.05, 0.1) is 24.5 Å². The lowest BCUT2D eigenvalue weighted by Crippen LogP contribution is -2.41. The first-order valence-corrected chi connectivity index (χ1v) is 7.60. The Hall–Kier alpha value is -0.660. The fourth-order valence-electron chi connectivity index (χ4n) is 2.26. The van der Waals surface area contributed by atoms with Crippen LogP contribution in [0.3, 0.4) is 0 Å². The van der Waals surface area contributed by atoms with Crippen molar-refractivity contribution in [2.75, 3.05) is 18.1 Å². The van der Waals surface area contributed by atoms with Crippen LogP contribution in [0.4, 0.5) is 0 Å². The van der Waals surface area contributed by atoms with E-state index in [1.165, 1.54) is 5.06 Å². The first kappa shape index (κ1) is 12.8. The van der Waals surface area contributed by atoms with Crippen molar-refractivity contribution in [1.29, 1.82) is 0 Å². The summed E-state index contributed by atoms with van der Waals surface area (Å²) < 4.78 is 22.7. The number of hydrogen-bond acceptors (Lipinski definition) is 5. The Morgan fingerprint density at radius 3 is 2.59 bits per heavy atom. The van der Waals surface area contributed by atoms with Crippen LogP contribution in [0.25, 0.3) is 0 Å². The molecule has 98 valence electrons. The van der Waals surface area contributed by atoms with E-state index in [9.17, 15) is 13.2 Å². The maximum Gasteiger partial charge on any atom is 0.249 e. The third-order valence-corrected chi connectivity index (χ3v) is 4.90. The van der Waals surface area contributed by atoms with Gasteiger partial charge in [-0.2, -0.15) is 0 Å².